The monoisotopic (exact) mass is 336 g/mol. The molecule has 1 aromatic rings. The van der Waals surface area contributed by atoms with E-state index in [0.717, 1.165) is 5.56 Å². The molecule has 0 bridgehead atoms. The van der Waals surface area contributed by atoms with Crippen molar-refractivity contribution in [2.24, 2.45) is 0 Å². The minimum absolute atomic E-state index is 0.267. The molecule has 1 amide bonds. The zero-order valence-corrected chi connectivity index (χ0v) is 14.0. The van der Waals surface area contributed by atoms with Crippen molar-refractivity contribution in [3.63, 3.8) is 0 Å². The fraction of sp³-hybridized carbons (Fsp3) is 0.375. The molecule has 7 heteroatoms. The molecule has 1 aromatic carbocycles. The highest BCUT2D eigenvalue weighted by Gasteiger charge is 2.14. The first kappa shape index (κ1) is 17.2. The molecule has 1 aliphatic rings. The first-order chi connectivity index (χ1) is 11.1. The van der Waals surface area contributed by atoms with Crippen LogP contribution in [0.25, 0.3) is 6.08 Å². The van der Waals surface area contributed by atoms with Crippen molar-refractivity contribution in [2.75, 3.05) is 40.5 Å². The molecule has 23 heavy (non-hydrogen) atoms. The van der Waals surface area contributed by atoms with E-state index in [4.69, 9.17) is 26.4 Å². The largest absolute Gasteiger partial charge is 0.493 e. The zero-order valence-electron chi connectivity index (χ0n) is 13.2. The second kappa shape index (κ2) is 8.50. The van der Waals surface area contributed by atoms with Crippen LogP contribution in [0.1, 0.15) is 5.56 Å². The molecular formula is C16H20N2O4S. The van der Waals surface area contributed by atoms with Gasteiger partial charge in [-0.15, -0.1) is 0 Å². The third-order valence-corrected chi connectivity index (χ3v) is 3.72. The molecule has 0 atom stereocenters. The quantitative estimate of drug-likeness (QED) is 0.663. The highest BCUT2D eigenvalue weighted by atomic mass is 32.1. The molecule has 0 aromatic heterocycles. The average molecular weight is 336 g/mol. The fourth-order valence-corrected chi connectivity index (χ4v) is 2.40. The van der Waals surface area contributed by atoms with Crippen molar-refractivity contribution in [1.29, 1.82) is 0 Å². The summed E-state index contributed by atoms with van der Waals surface area (Å²) < 4.78 is 15.7. The Morgan fingerprint density at radius 3 is 2.61 bits per heavy atom. The van der Waals surface area contributed by atoms with Crippen LogP contribution >= 0.6 is 12.2 Å². The molecule has 2 rings (SSSR count). The predicted octanol–water partition coefficient (Wildman–Crippen LogP) is 1.45. The molecule has 124 valence electrons. The molecule has 1 heterocycles. The van der Waals surface area contributed by atoms with E-state index in [0.29, 0.717) is 42.9 Å². The van der Waals surface area contributed by atoms with Crippen molar-refractivity contribution < 1.29 is 19.0 Å². The first-order valence-electron chi connectivity index (χ1n) is 7.22. The lowest BCUT2D eigenvalue weighted by Gasteiger charge is -2.28. The van der Waals surface area contributed by atoms with Crippen molar-refractivity contribution in [3.8, 4) is 11.5 Å². The summed E-state index contributed by atoms with van der Waals surface area (Å²) in [6.07, 6.45) is 3.13. The van der Waals surface area contributed by atoms with Gasteiger partial charge in [-0.1, -0.05) is 6.07 Å². The van der Waals surface area contributed by atoms with Gasteiger partial charge in [0.2, 0.25) is 5.91 Å². The summed E-state index contributed by atoms with van der Waals surface area (Å²) >= 11 is 5.22. The topological polar surface area (TPSA) is 60.0 Å². The van der Waals surface area contributed by atoms with Gasteiger partial charge in [0.05, 0.1) is 27.4 Å². The number of benzene rings is 1. The fourth-order valence-electron chi connectivity index (χ4n) is 2.12. The molecule has 1 N–H and O–H groups in total. The molecule has 6 nitrogen and oxygen atoms in total. The summed E-state index contributed by atoms with van der Waals surface area (Å²) in [4.78, 5) is 13.9. The Labute approximate surface area is 141 Å². The Bertz CT molecular complexity index is 598. The lowest BCUT2D eigenvalue weighted by molar-refractivity contribution is -0.115. The number of amides is 1. The molecule has 1 fully saturated rings. The molecular weight excluding hydrogens is 316 g/mol. The number of hydrogen-bond acceptors (Lipinski definition) is 5. The van der Waals surface area contributed by atoms with E-state index >= 15 is 0 Å². The average Bonchev–Trinajstić information content (AvgIpc) is 2.60. The standard InChI is InChI=1S/C16H20N2O4S/c1-20-13-5-3-12(11-14(13)21-2)4-6-15(19)17-16(23)18-7-9-22-10-8-18/h3-6,11H,7-10H2,1-2H3,(H,17,19,23)/b6-4+. The van der Waals surface area contributed by atoms with E-state index in [9.17, 15) is 4.79 Å². The highest BCUT2D eigenvalue weighted by molar-refractivity contribution is 7.80. The van der Waals surface area contributed by atoms with Crippen LogP contribution in [0.4, 0.5) is 0 Å². The number of rotatable bonds is 4. The number of carbonyl (C=O) groups excluding carboxylic acids is 1. The minimum atomic E-state index is -0.267. The third-order valence-electron chi connectivity index (χ3n) is 3.36. The normalized spacial score (nSPS) is 14.6. The number of hydrogen-bond donors (Lipinski definition) is 1. The second-order valence-electron chi connectivity index (χ2n) is 4.84. The summed E-state index contributed by atoms with van der Waals surface area (Å²) in [7, 11) is 3.15. The SMILES string of the molecule is COc1ccc(/C=C/C(=O)NC(=S)N2CCOCC2)cc1OC. The van der Waals surface area contributed by atoms with Crippen LogP contribution in [0.3, 0.4) is 0 Å². The highest BCUT2D eigenvalue weighted by Crippen LogP contribution is 2.27. The number of methoxy groups -OCH3 is 2. The molecule has 0 aliphatic carbocycles. The van der Waals surface area contributed by atoms with Gasteiger partial charge in [0, 0.05) is 19.2 Å². The van der Waals surface area contributed by atoms with E-state index in [1.165, 1.54) is 6.08 Å². The molecule has 0 radical (unpaired) electrons. The zero-order chi connectivity index (χ0) is 16.7. The van der Waals surface area contributed by atoms with Crippen molar-refractivity contribution in [3.05, 3.63) is 29.8 Å². The van der Waals surface area contributed by atoms with Gasteiger partial charge < -0.3 is 19.1 Å². The van der Waals surface area contributed by atoms with E-state index in [1.54, 1.807) is 32.4 Å². The van der Waals surface area contributed by atoms with Crippen molar-refractivity contribution in [1.82, 2.24) is 10.2 Å². The smallest absolute Gasteiger partial charge is 0.250 e. The second-order valence-corrected chi connectivity index (χ2v) is 5.23. The van der Waals surface area contributed by atoms with Gasteiger partial charge in [-0.25, -0.2) is 0 Å². The summed E-state index contributed by atoms with van der Waals surface area (Å²) in [6, 6.07) is 5.42. The van der Waals surface area contributed by atoms with E-state index in [2.05, 4.69) is 5.32 Å². The molecule has 0 unspecified atom stereocenters. The van der Waals surface area contributed by atoms with E-state index < -0.39 is 0 Å². The number of carbonyl (C=O) groups is 1. The van der Waals surface area contributed by atoms with Crippen LogP contribution < -0.4 is 14.8 Å². The van der Waals surface area contributed by atoms with Gasteiger partial charge >= 0.3 is 0 Å². The van der Waals surface area contributed by atoms with Gasteiger partial charge in [0.25, 0.3) is 0 Å². The number of thiocarbonyl (C=S) groups is 1. The molecule has 0 spiro atoms. The van der Waals surface area contributed by atoms with Gasteiger partial charge in [0.1, 0.15) is 0 Å². The van der Waals surface area contributed by atoms with Crippen molar-refractivity contribution >= 4 is 29.3 Å². The number of nitrogens with one attached hydrogen (secondary N) is 1. The van der Waals surface area contributed by atoms with Crippen LogP contribution in [-0.4, -0.2) is 56.4 Å². The lowest BCUT2D eigenvalue weighted by Crippen LogP contribution is -2.47. The Morgan fingerprint density at radius 2 is 1.96 bits per heavy atom. The Morgan fingerprint density at radius 1 is 1.26 bits per heavy atom. The maximum absolute atomic E-state index is 11.9. The minimum Gasteiger partial charge on any atom is -0.493 e. The first-order valence-corrected chi connectivity index (χ1v) is 7.62. The van der Waals surface area contributed by atoms with Gasteiger partial charge in [-0.3, -0.25) is 10.1 Å². The Hall–Kier alpha value is -2.12. The number of morpholine rings is 1. The van der Waals surface area contributed by atoms with Crippen LogP contribution in [0, 0.1) is 0 Å². The van der Waals surface area contributed by atoms with Crippen LogP contribution in [0.15, 0.2) is 24.3 Å². The Kier molecular flexibility index (Phi) is 6.37. The van der Waals surface area contributed by atoms with Crippen LogP contribution in [-0.2, 0) is 9.53 Å². The van der Waals surface area contributed by atoms with Gasteiger partial charge in [-0.2, -0.15) is 0 Å². The maximum Gasteiger partial charge on any atom is 0.250 e. The van der Waals surface area contributed by atoms with Crippen LogP contribution in [0.5, 0.6) is 11.5 Å². The molecule has 0 saturated carbocycles. The van der Waals surface area contributed by atoms with E-state index in [1.807, 2.05) is 11.0 Å². The lowest BCUT2D eigenvalue weighted by atomic mass is 10.2. The summed E-state index contributed by atoms with van der Waals surface area (Å²) in [5, 5.41) is 3.12. The molecule has 1 aliphatic heterocycles. The van der Waals surface area contributed by atoms with Crippen LogP contribution in [0.2, 0.25) is 0 Å². The predicted molar refractivity (Wildman–Crippen MR) is 91.7 cm³/mol. The summed E-state index contributed by atoms with van der Waals surface area (Å²) in [5.74, 6) is 0.984. The third kappa shape index (κ3) is 4.94. The van der Waals surface area contributed by atoms with Gasteiger partial charge in [0.15, 0.2) is 16.6 Å². The van der Waals surface area contributed by atoms with Gasteiger partial charge in [-0.05, 0) is 36.0 Å². The molecule has 1 saturated heterocycles. The number of nitrogens with zero attached hydrogens (tertiary/aromatic N) is 1. The Balaban J connectivity index is 1.93. The van der Waals surface area contributed by atoms with Crippen molar-refractivity contribution in [2.45, 2.75) is 0 Å². The summed E-state index contributed by atoms with van der Waals surface area (Å²) in [5.41, 5.74) is 0.829. The number of ether oxygens (including phenoxy) is 3. The van der Waals surface area contributed by atoms with E-state index in [-0.39, 0.29) is 5.91 Å². The summed E-state index contributed by atoms with van der Waals surface area (Å²) in [6.45, 7) is 2.63. The maximum atomic E-state index is 11.9.